The summed E-state index contributed by atoms with van der Waals surface area (Å²) < 4.78 is 10.9. The Morgan fingerprint density at radius 2 is 1.79 bits per heavy atom. The smallest absolute Gasteiger partial charge is 0.217 e. The van der Waals surface area contributed by atoms with Gasteiger partial charge in [0.15, 0.2) is 0 Å². The van der Waals surface area contributed by atoms with Crippen LogP contribution in [0.4, 0.5) is 0 Å². The molecule has 2 atom stereocenters. The summed E-state index contributed by atoms with van der Waals surface area (Å²) >= 11 is 0. The summed E-state index contributed by atoms with van der Waals surface area (Å²) in [5, 5.41) is 0. The molecule has 1 aliphatic heterocycles. The Bertz CT molecular complexity index is 440. The Morgan fingerprint density at radius 1 is 1.05 bits per heavy atom. The highest BCUT2D eigenvalue weighted by molar-refractivity contribution is 5.37. The fourth-order valence-corrected chi connectivity index (χ4v) is 3.47. The van der Waals surface area contributed by atoms with Gasteiger partial charge in [-0.05, 0) is 18.4 Å². The normalized spacial score (nSPS) is 29.2. The molecule has 4 nitrogen and oxygen atoms in total. The van der Waals surface area contributed by atoms with E-state index in [1.54, 1.807) is 14.2 Å². The van der Waals surface area contributed by atoms with Gasteiger partial charge in [0.1, 0.15) is 0 Å². The average Bonchev–Trinajstić information content (AvgIpc) is 2.89. The Morgan fingerprint density at radius 3 is 2.47 bits per heavy atom. The van der Waals surface area contributed by atoms with Gasteiger partial charge in [-0.2, -0.15) is 4.89 Å². The Labute approximate surface area is 113 Å². The third-order valence-corrected chi connectivity index (χ3v) is 4.36. The van der Waals surface area contributed by atoms with Crippen LogP contribution in [0.2, 0.25) is 0 Å². The monoisotopic (exact) mass is 264 g/mol. The third-order valence-electron chi connectivity index (χ3n) is 4.36. The maximum atomic E-state index is 5.56. The van der Waals surface area contributed by atoms with Crippen molar-refractivity contribution in [2.45, 2.75) is 43.7 Å². The quantitative estimate of drug-likeness (QED) is 0.769. The van der Waals surface area contributed by atoms with E-state index >= 15 is 0 Å². The maximum Gasteiger partial charge on any atom is 0.217 e. The van der Waals surface area contributed by atoms with Gasteiger partial charge in [-0.3, -0.25) is 0 Å². The van der Waals surface area contributed by atoms with Crippen molar-refractivity contribution < 1.29 is 19.2 Å². The maximum absolute atomic E-state index is 5.56. The number of rotatable bonds is 2. The number of fused-ring (bicyclic) bond motifs is 2. The first-order chi connectivity index (χ1) is 9.31. The summed E-state index contributed by atoms with van der Waals surface area (Å²) in [5.41, 5.74) is 2.17. The first-order valence-corrected chi connectivity index (χ1v) is 6.79. The van der Waals surface area contributed by atoms with Crippen LogP contribution in [-0.2, 0) is 24.7 Å². The van der Waals surface area contributed by atoms with Crippen molar-refractivity contribution in [3.05, 3.63) is 35.4 Å². The van der Waals surface area contributed by atoms with Crippen LogP contribution < -0.4 is 0 Å². The van der Waals surface area contributed by atoms with Crippen molar-refractivity contribution in [1.82, 2.24) is 0 Å². The second-order valence-corrected chi connectivity index (χ2v) is 5.28. The van der Waals surface area contributed by atoms with Crippen LogP contribution in [0.1, 0.15) is 43.1 Å². The van der Waals surface area contributed by atoms with E-state index in [4.69, 9.17) is 19.2 Å². The third kappa shape index (κ3) is 1.99. The molecule has 2 unspecified atom stereocenters. The van der Waals surface area contributed by atoms with E-state index in [1.807, 2.05) is 12.1 Å². The molecule has 1 fully saturated rings. The van der Waals surface area contributed by atoms with Crippen molar-refractivity contribution in [3.8, 4) is 0 Å². The largest absolute Gasteiger partial charge is 0.352 e. The lowest BCUT2D eigenvalue weighted by molar-refractivity contribution is -0.438. The molecule has 3 rings (SSSR count). The molecule has 1 heterocycles. The number of methoxy groups -OCH3 is 2. The van der Waals surface area contributed by atoms with Gasteiger partial charge in [-0.15, -0.1) is 0 Å². The molecule has 1 spiro atoms. The molecule has 0 N–H and O–H groups in total. The Kier molecular flexibility index (Phi) is 3.58. The fourth-order valence-electron chi connectivity index (χ4n) is 3.47. The lowest BCUT2D eigenvalue weighted by Gasteiger charge is -2.34. The van der Waals surface area contributed by atoms with Crippen LogP contribution in [0.25, 0.3) is 0 Å². The second-order valence-electron chi connectivity index (χ2n) is 5.28. The molecule has 0 aromatic heterocycles. The van der Waals surface area contributed by atoms with Gasteiger partial charge in [0, 0.05) is 25.2 Å². The van der Waals surface area contributed by atoms with Gasteiger partial charge in [0.2, 0.25) is 12.6 Å². The predicted octanol–water partition coefficient (Wildman–Crippen LogP) is 3.08. The summed E-state index contributed by atoms with van der Waals surface area (Å²) in [7, 11) is 3.29. The minimum absolute atomic E-state index is 0.112. The second kappa shape index (κ2) is 5.21. The molecule has 1 saturated carbocycles. The molecule has 0 radical (unpaired) electrons. The summed E-state index contributed by atoms with van der Waals surface area (Å²) in [4.78, 5) is 11.0. The first kappa shape index (κ1) is 13.1. The van der Waals surface area contributed by atoms with Crippen molar-refractivity contribution in [2.75, 3.05) is 14.2 Å². The van der Waals surface area contributed by atoms with Crippen LogP contribution in [-0.4, -0.2) is 20.5 Å². The van der Waals surface area contributed by atoms with E-state index in [1.165, 1.54) is 18.4 Å². The number of ether oxygens (including phenoxy) is 2. The summed E-state index contributed by atoms with van der Waals surface area (Å²) in [5.74, 6) is 0. The summed E-state index contributed by atoms with van der Waals surface area (Å²) in [6.07, 6.45) is 3.62. The molecule has 104 valence electrons. The molecular formula is C15H20O4. The molecule has 4 heteroatoms. The van der Waals surface area contributed by atoms with Crippen LogP contribution in [0, 0.1) is 0 Å². The fraction of sp³-hybridized carbons (Fsp3) is 0.600. The van der Waals surface area contributed by atoms with Gasteiger partial charge in [-0.25, -0.2) is 4.89 Å². The van der Waals surface area contributed by atoms with Gasteiger partial charge >= 0.3 is 0 Å². The number of hydrogen-bond acceptors (Lipinski definition) is 4. The molecule has 1 aromatic rings. The van der Waals surface area contributed by atoms with E-state index in [0.717, 1.165) is 18.4 Å². The average molecular weight is 264 g/mol. The molecule has 19 heavy (non-hydrogen) atoms. The van der Waals surface area contributed by atoms with Crippen LogP contribution in [0.3, 0.4) is 0 Å². The van der Waals surface area contributed by atoms with Crippen LogP contribution >= 0.6 is 0 Å². The van der Waals surface area contributed by atoms with Crippen LogP contribution in [0.5, 0.6) is 0 Å². The van der Waals surface area contributed by atoms with Crippen molar-refractivity contribution >= 4 is 0 Å². The van der Waals surface area contributed by atoms with Crippen molar-refractivity contribution in [3.63, 3.8) is 0 Å². The van der Waals surface area contributed by atoms with E-state index in [9.17, 15) is 0 Å². The minimum Gasteiger partial charge on any atom is -0.352 e. The summed E-state index contributed by atoms with van der Waals surface area (Å²) in [6.45, 7) is 0. The Hall–Kier alpha value is -0.940. The molecule has 2 aliphatic rings. The molecule has 1 aromatic carbocycles. The zero-order chi connectivity index (χ0) is 13.3. The molecule has 1 aliphatic carbocycles. The SMILES string of the molecule is COC1OOC(OC)C2(CCCC2)c2ccccc21. The van der Waals surface area contributed by atoms with Gasteiger partial charge in [0.05, 0.1) is 0 Å². The minimum atomic E-state index is -0.492. The van der Waals surface area contributed by atoms with E-state index < -0.39 is 6.29 Å². The number of benzene rings is 1. The lowest BCUT2D eigenvalue weighted by atomic mass is 9.76. The van der Waals surface area contributed by atoms with E-state index in [2.05, 4.69) is 12.1 Å². The molecular weight excluding hydrogens is 244 g/mol. The van der Waals surface area contributed by atoms with Gasteiger partial charge in [-0.1, -0.05) is 37.1 Å². The Balaban J connectivity index is 2.13. The van der Waals surface area contributed by atoms with Gasteiger partial charge in [0.25, 0.3) is 0 Å². The van der Waals surface area contributed by atoms with E-state index in [-0.39, 0.29) is 11.7 Å². The number of hydrogen-bond donors (Lipinski definition) is 0. The van der Waals surface area contributed by atoms with Crippen molar-refractivity contribution in [1.29, 1.82) is 0 Å². The molecule has 0 amide bonds. The zero-order valence-electron chi connectivity index (χ0n) is 11.4. The van der Waals surface area contributed by atoms with Crippen LogP contribution in [0.15, 0.2) is 24.3 Å². The predicted molar refractivity (Wildman–Crippen MR) is 69.3 cm³/mol. The topological polar surface area (TPSA) is 36.9 Å². The highest BCUT2D eigenvalue weighted by Gasteiger charge is 2.48. The summed E-state index contributed by atoms with van der Waals surface area (Å²) in [6, 6.07) is 8.26. The molecule has 0 bridgehead atoms. The van der Waals surface area contributed by atoms with E-state index in [0.29, 0.717) is 0 Å². The highest BCUT2D eigenvalue weighted by atomic mass is 17.2. The highest BCUT2D eigenvalue weighted by Crippen LogP contribution is 2.49. The standard InChI is InChI=1S/C15H20O4/c1-16-13-11-7-3-4-8-12(11)15(9-5-6-10-15)14(17-2)19-18-13/h3-4,7-8,13-14H,5-6,9-10H2,1-2H3. The lowest BCUT2D eigenvalue weighted by Crippen LogP contribution is -2.39. The molecule has 0 saturated heterocycles. The zero-order valence-corrected chi connectivity index (χ0v) is 11.4. The van der Waals surface area contributed by atoms with Crippen molar-refractivity contribution in [2.24, 2.45) is 0 Å². The first-order valence-electron chi connectivity index (χ1n) is 6.79. The van der Waals surface area contributed by atoms with Gasteiger partial charge < -0.3 is 9.47 Å².